The van der Waals surface area contributed by atoms with Crippen LogP contribution < -0.4 is 0 Å². The summed E-state index contributed by atoms with van der Waals surface area (Å²) in [5.41, 5.74) is 0. The molecule has 0 saturated heterocycles. The van der Waals surface area contributed by atoms with Crippen LogP contribution >= 0.6 is 0 Å². The Morgan fingerprint density at radius 1 is 0.639 bits per heavy atom. The first-order chi connectivity index (χ1) is 16.1. The molecule has 36 heavy (non-hydrogen) atoms. The van der Waals surface area contributed by atoms with E-state index < -0.39 is 78.7 Å². The highest BCUT2D eigenvalue weighted by atomic mass is 19.4. The first kappa shape index (κ1) is 31.2. The molecular formula is C20H20F10O6. The van der Waals surface area contributed by atoms with Crippen LogP contribution in [-0.4, -0.2) is 60.4 Å². The van der Waals surface area contributed by atoms with Gasteiger partial charge in [0, 0.05) is 12.2 Å². The lowest BCUT2D eigenvalue weighted by Crippen LogP contribution is -2.48. The molecule has 206 valence electrons. The molecular weight excluding hydrogens is 526 g/mol. The lowest BCUT2D eigenvalue weighted by atomic mass is 9.93. The highest BCUT2D eigenvalue weighted by molar-refractivity contribution is 5.83. The third-order valence-electron chi connectivity index (χ3n) is 4.87. The van der Waals surface area contributed by atoms with E-state index in [1.54, 1.807) is 0 Å². The van der Waals surface area contributed by atoms with E-state index in [9.17, 15) is 58.3 Å². The Labute approximate surface area is 197 Å². The predicted octanol–water partition coefficient (Wildman–Crippen LogP) is 4.93. The molecule has 0 radical (unpaired) electrons. The van der Waals surface area contributed by atoms with Crippen molar-refractivity contribution < 1.29 is 72.5 Å². The minimum Gasteiger partial charge on any atom is -0.462 e. The largest absolute Gasteiger partial charge is 0.462 e. The summed E-state index contributed by atoms with van der Waals surface area (Å²) in [5.74, 6) is -22.1. The van der Waals surface area contributed by atoms with Crippen molar-refractivity contribution in [1.29, 1.82) is 0 Å². The van der Waals surface area contributed by atoms with Gasteiger partial charge < -0.3 is 14.2 Å². The first-order valence-corrected chi connectivity index (χ1v) is 9.97. The zero-order chi connectivity index (χ0) is 28.3. The van der Waals surface area contributed by atoms with Crippen molar-refractivity contribution in [3.05, 3.63) is 24.3 Å². The maximum atomic E-state index is 14.0. The molecule has 1 rings (SSSR count). The van der Waals surface area contributed by atoms with Crippen LogP contribution in [0.1, 0.15) is 27.2 Å². The van der Waals surface area contributed by atoms with Crippen molar-refractivity contribution in [3.63, 3.8) is 0 Å². The molecule has 1 aliphatic heterocycles. The highest BCUT2D eigenvalue weighted by Gasteiger charge is 2.64. The van der Waals surface area contributed by atoms with Gasteiger partial charge in [-0.3, -0.25) is 4.79 Å². The van der Waals surface area contributed by atoms with Crippen LogP contribution in [0.25, 0.3) is 0 Å². The molecule has 5 atom stereocenters. The van der Waals surface area contributed by atoms with Crippen LogP contribution in [0.2, 0.25) is 0 Å². The summed E-state index contributed by atoms with van der Waals surface area (Å²) in [7, 11) is 0. The molecule has 0 spiro atoms. The van der Waals surface area contributed by atoms with Crippen molar-refractivity contribution >= 4 is 17.9 Å². The topological polar surface area (TPSA) is 78.9 Å². The van der Waals surface area contributed by atoms with E-state index in [-0.39, 0.29) is 24.3 Å². The Bertz CT molecular complexity index is 877. The van der Waals surface area contributed by atoms with Crippen molar-refractivity contribution in [2.45, 2.75) is 69.7 Å². The lowest BCUT2D eigenvalue weighted by Gasteiger charge is -2.31. The van der Waals surface area contributed by atoms with E-state index in [0.29, 0.717) is 13.8 Å². The normalized spacial score (nSPS) is 30.1. The van der Waals surface area contributed by atoms with Gasteiger partial charge in [-0.05, 0) is 20.8 Å². The molecule has 0 aromatic heterocycles. The zero-order valence-electron chi connectivity index (χ0n) is 18.6. The van der Waals surface area contributed by atoms with Crippen LogP contribution in [-0.2, 0) is 28.6 Å². The van der Waals surface area contributed by atoms with Gasteiger partial charge in [-0.2, -0.15) is 43.9 Å². The maximum Gasteiger partial charge on any atom is 0.454 e. The number of cyclic esters (lactones) is 3. The van der Waals surface area contributed by atoms with Gasteiger partial charge in [0.1, 0.15) is 18.3 Å². The number of esters is 3. The molecule has 6 nitrogen and oxygen atoms in total. The lowest BCUT2D eigenvalue weighted by molar-refractivity contribution is -0.305. The number of alkyl halides is 10. The Morgan fingerprint density at radius 2 is 1.00 bits per heavy atom. The van der Waals surface area contributed by atoms with E-state index in [1.165, 1.54) is 0 Å². The van der Waals surface area contributed by atoms with Crippen LogP contribution in [0.3, 0.4) is 0 Å². The standard InChI is InChI=1S/C20H20F10O6/c1-9-8-16(33)36-11(3)13(18(23,24)20(28,29)30)5-7-15(32)35-10(2)12(4-6-14(31)34-9)17(21,22)19(25,26)27/h4-7,9-13H,8H2,1-3H3/b6-4+,7-5+/t9-,10+,11+,12+,13+/m0/s1. The SMILES string of the molecule is C[C@H]1CC(=O)O[C@H](C)[C@H](C(F)(F)C(F)(F)F)/C=C/C(=O)O[C@H](C)[C@H](C(F)(F)C(F)(F)F)/C=C/C(=O)O1. The number of halogens is 10. The van der Waals surface area contributed by atoms with Gasteiger partial charge in [-0.1, -0.05) is 12.2 Å². The Kier molecular flexibility index (Phi) is 9.60. The number of hydrogen-bond donors (Lipinski definition) is 0. The summed E-state index contributed by atoms with van der Waals surface area (Å²) in [6, 6.07) is 0. The molecule has 16 heteroatoms. The average molecular weight is 546 g/mol. The monoisotopic (exact) mass is 546 g/mol. The molecule has 0 bridgehead atoms. The summed E-state index contributed by atoms with van der Waals surface area (Å²) in [5, 5.41) is 0. The van der Waals surface area contributed by atoms with Crippen LogP contribution in [0.5, 0.6) is 0 Å². The number of hydrogen-bond acceptors (Lipinski definition) is 6. The Balaban J connectivity index is 3.52. The summed E-state index contributed by atoms with van der Waals surface area (Å²) >= 11 is 0. The molecule has 0 unspecified atom stereocenters. The van der Waals surface area contributed by atoms with Crippen LogP contribution in [0.4, 0.5) is 43.9 Å². The fourth-order valence-corrected chi connectivity index (χ4v) is 3.03. The van der Waals surface area contributed by atoms with E-state index >= 15 is 0 Å². The Morgan fingerprint density at radius 3 is 1.39 bits per heavy atom. The average Bonchev–Trinajstić information content (AvgIpc) is 2.64. The quantitative estimate of drug-likeness (QED) is 0.278. The highest BCUT2D eigenvalue weighted by Crippen LogP contribution is 2.45. The van der Waals surface area contributed by atoms with Crippen LogP contribution in [0.15, 0.2) is 24.3 Å². The number of rotatable bonds is 2. The summed E-state index contributed by atoms with van der Waals surface area (Å²) in [6.45, 7) is 2.20. The van der Waals surface area contributed by atoms with Crippen molar-refractivity contribution in [3.8, 4) is 0 Å². The number of carbonyl (C=O) groups excluding carboxylic acids is 3. The molecule has 0 N–H and O–H groups in total. The van der Waals surface area contributed by atoms with Crippen molar-refractivity contribution in [2.24, 2.45) is 11.8 Å². The van der Waals surface area contributed by atoms with E-state index in [2.05, 4.69) is 14.2 Å². The molecule has 0 aliphatic carbocycles. The van der Waals surface area contributed by atoms with Gasteiger partial charge >= 0.3 is 42.1 Å². The second-order valence-corrected chi connectivity index (χ2v) is 7.80. The minimum atomic E-state index is -6.20. The fraction of sp³-hybridized carbons (Fsp3) is 0.650. The predicted molar refractivity (Wildman–Crippen MR) is 98.5 cm³/mol. The third kappa shape index (κ3) is 7.59. The second-order valence-electron chi connectivity index (χ2n) is 7.80. The van der Waals surface area contributed by atoms with Crippen molar-refractivity contribution in [1.82, 2.24) is 0 Å². The number of carbonyl (C=O) groups is 3. The molecule has 1 aliphatic rings. The third-order valence-corrected chi connectivity index (χ3v) is 4.87. The van der Waals surface area contributed by atoms with Gasteiger partial charge in [0.25, 0.3) is 0 Å². The Hall–Kier alpha value is -2.81. The maximum absolute atomic E-state index is 14.0. The summed E-state index contributed by atoms with van der Waals surface area (Å²) in [4.78, 5) is 35.7. The molecule has 1 heterocycles. The van der Waals surface area contributed by atoms with Gasteiger partial charge in [-0.15, -0.1) is 0 Å². The summed E-state index contributed by atoms with van der Waals surface area (Å²) < 4.78 is 147. The number of ether oxygens (including phenoxy) is 3. The van der Waals surface area contributed by atoms with E-state index in [0.717, 1.165) is 6.92 Å². The van der Waals surface area contributed by atoms with Gasteiger partial charge in [0.15, 0.2) is 0 Å². The zero-order valence-corrected chi connectivity index (χ0v) is 18.6. The summed E-state index contributed by atoms with van der Waals surface area (Å²) in [6.07, 6.45) is -19.3. The first-order valence-electron chi connectivity index (χ1n) is 9.97. The molecule has 0 aromatic carbocycles. The fourth-order valence-electron chi connectivity index (χ4n) is 3.03. The molecule has 0 fully saturated rings. The van der Waals surface area contributed by atoms with Crippen LogP contribution in [0, 0.1) is 11.8 Å². The minimum absolute atomic E-state index is 0.0249. The second kappa shape index (κ2) is 11.1. The van der Waals surface area contributed by atoms with E-state index in [4.69, 9.17) is 0 Å². The van der Waals surface area contributed by atoms with Gasteiger partial charge in [0.2, 0.25) is 0 Å². The van der Waals surface area contributed by atoms with Gasteiger partial charge in [-0.25, -0.2) is 9.59 Å². The smallest absolute Gasteiger partial charge is 0.454 e. The van der Waals surface area contributed by atoms with E-state index in [1.807, 2.05) is 0 Å². The van der Waals surface area contributed by atoms with Crippen molar-refractivity contribution in [2.75, 3.05) is 0 Å². The van der Waals surface area contributed by atoms with Gasteiger partial charge in [0.05, 0.1) is 18.3 Å². The molecule has 0 amide bonds. The molecule has 0 saturated carbocycles. The molecule has 0 aromatic rings.